The summed E-state index contributed by atoms with van der Waals surface area (Å²) in [5.74, 6) is 0.790. The number of pyridine rings is 1. The summed E-state index contributed by atoms with van der Waals surface area (Å²) in [6.45, 7) is 8.90. The summed E-state index contributed by atoms with van der Waals surface area (Å²) in [6, 6.07) is 4.39. The van der Waals surface area contributed by atoms with Crippen molar-refractivity contribution in [1.82, 2.24) is 10.3 Å². The molecular weight excluding hydrogens is 216 g/mol. The van der Waals surface area contributed by atoms with E-state index in [1.807, 2.05) is 19.1 Å². The molecule has 0 aliphatic rings. The molecule has 0 aliphatic heterocycles. The Morgan fingerprint density at radius 1 is 1.29 bits per heavy atom. The van der Waals surface area contributed by atoms with Crippen LogP contribution in [-0.2, 0) is 11.3 Å². The van der Waals surface area contributed by atoms with Crippen molar-refractivity contribution in [3.8, 4) is 5.75 Å². The summed E-state index contributed by atoms with van der Waals surface area (Å²) in [4.78, 5) is 4.32. The van der Waals surface area contributed by atoms with Crippen molar-refractivity contribution in [3.63, 3.8) is 0 Å². The predicted molar refractivity (Wildman–Crippen MR) is 68.2 cm³/mol. The van der Waals surface area contributed by atoms with E-state index in [2.05, 4.69) is 24.1 Å². The number of nitrogens with one attached hydrogen (secondary N) is 1. The minimum atomic E-state index is 0.471. The lowest BCUT2D eigenvalue weighted by molar-refractivity contribution is 0.110. The SMILES string of the molecule is CCOCCOc1ccc(CNC(C)C)nc1. The number of ether oxygens (including phenoxy) is 2. The highest BCUT2D eigenvalue weighted by atomic mass is 16.5. The highest BCUT2D eigenvalue weighted by Crippen LogP contribution is 2.08. The minimum Gasteiger partial charge on any atom is -0.490 e. The largest absolute Gasteiger partial charge is 0.490 e. The van der Waals surface area contributed by atoms with Crippen LogP contribution < -0.4 is 10.1 Å². The Balaban J connectivity index is 2.29. The van der Waals surface area contributed by atoms with Crippen molar-refractivity contribution >= 4 is 0 Å². The van der Waals surface area contributed by atoms with Crippen LogP contribution in [-0.4, -0.2) is 30.8 Å². The van der Waals surface area contributed by atoms with E-state index in [0.717, 1.165) is 24.6 Å². The molecule has 0 aliphatic carbocycles. The molecule has 0 bridgehead atoms. The Morgan fingerprint density at radius 2 is 2.12 bits per heavy atom. The van der Waals surface area contributed by atoms with Crippen LogP contribution in [0.4, 0.5) is 0 Å². The van der Waals surface area contributed by atoms with E-state index < -0.39 is 0 Å². The second-order valence-electron chi connectivity index (χ2n) is 4.07. The molecule has 4 heteroatoms. The molecule has 1 heterocycles. The van der Waals surface area contributed by atoms with Crippen LogP contribution in [0, 0.1) is 0 Å². The first kappa shape index (κ1) is 13.9. The quantitative estimate of drug-likeness (QED) is 0.703. The Kier molecular flexibility index (Phi) is 6.58. The Hall–Kier alpha value is -1.13. The molecule has 1 N–H and O–H groups in total. The van der Waals surface area contributed by atoms with Crippen molar-refractivity contribution in [1.29, 1.82) is 0 Å². The standard InChI is InChI=1S/C13H22N2O2/c1-4-16-7-8-17-13-6-5-12(15-10-13)9-14-11(2)3/h5-6,10-11,14H,4,7-9H2,1-3H3. The van der Waals surface area contributed by atoms with Gasteiger partial charge in [-0.1, -0.05) is 13.8 Å². The first-order valence-electron chi connectivity index (χ1n) is 6.11. The fourth-order valence-corrected chi connectivity index (χ4v) is 1.27. The van der Waals surface area contributed by atoms with Crippen molar-refractivity contribution in [2.75, 3.05) is 19.8 Å². The van der Waals surface area contributed by atoms with Gasteiger partial charge >= 0.3 is 0 Å². The Labute approximate surface area is 103 Å². The van der Waals surface area contributed by atoms with Crippen LogP contribution in [0.5, 0.6) is 5.75 Å². The molecule has 4 nitrogen and oxygen atoms in total. The smallest absolute Gasteiger partial charge is 0.137 e. The molecule has 17 heavy (non-hydrogen) atoms. The van der Waals surface area contributed by atoms with Gasteiger partial charge in [-0.25, -0.2) is 0 Å². The van der Waals surface area contributed by atoms with Gasteiger partial charge in [-0.3, -0.25) is 4.98 Å². The fourth-order valence-electron chi connectivity index (χ4n) is 1.27. The summed E-state index contributed by atoms with van der Waals surface area (Å²) >= 11 is 0. The van der Waals surface area contributed by atoms with Crippen molar-refractivity contribution < 1.29 is 9.47 Å². The van der Waals surface area contributed by atoms with Crippen LogP contribution >= 0.6 is 0 Å². The molecular formula is C13H22N2O2. The van der Waals surface area contributed by atoms with Crippen LogP contribution in [0.3, 0.4) is 0 Å². The van der Waals surface area contributed by atoms with E-state index in [-0.39, 0.29) is 0 Å². The van der Waals surface area contributed by atoms with Gasteiger partial charge in [0.25, 0.3) is 0 Å². The van der Waals surface area contributed by atoms with Crippen molar-refractivity contribution in [2.24, 2.45) is 0 Å². The first-order valence-corrected chi connectivity index (χ1v) is 6.11. The van der Waals surface area contributed by atoms with Gasteiger partial charge in [0, 0.05) is 19.2 Å². The average Bonchev–Trinajstić information content (AvgIpc) is 2.33. The number of hydrogen-bond donors (Lipinski definition) is 1. The topological polar surface area (TPSA) is 43.4 Å². The van der Waals surface area contributed by atoms with Gasteiger partial charge < -0.3 is 14.8 Å². The monoisotopic (exact) mass is 238 g/mol. The third-order valence-electron chi connectivity index (χ3n) is 2.19. The molecule has 1 rings (SSSR count). The lowest BCUT2D eigenvalue weighted by Crippen LogP contribution is -2.22. The van der Waals surface area contributed by atoms with Gasteiger partial charge in [-0.2, -0.15) is 0 Å². The highest BCUT2D eigenvalue weighted by Gasteiger charge is 1.98. The maximum atomic E-state index is 5.48. The molecule has 0 amide bonds. The predicted octanol–water partition coefficient (Wildman–Crippen LogP) is 1.99. The summed E-state index contributed by atoms with van der Waals surface area (Å²) in [5, 5.41) is 3.32. The molecule has 0 unspecified atom stereocenters. The second-order valence-corrected chi connectivity index (χ2v) is 4.07. The fraction of sp³-hybridized carbons (Fsp3) is 0.615. The van der Waals surface area contributed by atoms with Crippen LogP contribution in [0.2, 0.25) is 0 Å². The molecule has 0 spiro atoms. The summed E-state index contributed by atoms with van der Waals surface area (Å²) in [7, 11) is 0. The van der Waals surface area contributed by atoms with E-state index in [0.29, 0.717) is 19.3 Å². The lowest BCUT2D eigenvalue weighted by Gasteiger charge is -2.09. The number of hydrogen-bond acceptors (Lipinski definition) is 4. The van der Waals surface area contributed by atoms with Crippen molar-refractivity contribution in [2.45, 2.75) is 33.4 Å². The number of aromatic nitrogens is 1. The number of rotatable bonds is 8. The second kappa shape index (κ2) is 8.03. The van der Waals surface area contributed by atoms with E-state index in [1.54, 1.807) is 6.20 Å². The van der Waals surface area contributed by atoms with Gasteiger partial charge in [-0.05, 0) is 19.1 Å². The van der Waals surface area contributed by atoms with E-state index >= 15 is 0 Å². The maximum absolute atomic E-state index is 5.48. The Morgan fingerprint density at radius 3 is 2.71 bits per heavy atom. The van der Waals surface area contributed by atoms with E-state index in [4.69, 9.17) is 9.47 Å². The molecule has 0 saturated carbocycles. The maximum Gasteiger partial charge on any atom is 0.137 e. The summed E-state index contributed by atoms with van der Waals surface area (Å²) in [6.07, 6.45) is 1.75. The molecule has 0 aromatic carbocycles. The van der Waals surface area contributed by atoms with Crippen molar-refractivity contribution in [3.05, 3.63) is 24.0 Å². The molecule has 0 radical (unpaired) electrons. The Bertz CT molecular complexity index is 299. The summed E-state index contributed by atoms with van der Waals surface area (Å²) < 4.78 is 10.7. The minimum absolute atomic E-state index is 0.471. The van der Waals surface area contributed by atoms with Crippen LogP contribution in [0.25, 0.3) is 0 Å². The van der Waals surface area contributed by atoms with Gasteiger partial charge in [-0.15, -0.1) is 0 Å². The van der Waals surface area contributed by atoms with Gasteiger partial charge in [0.1, 0.15) is 12.4 Å². The zero-order chi connectivity index (χ0) is 12.5. The molecule has 1 aromatic heterocycles. The van der Waals surface area contributed by atoms with Gasteiger partial charge in [0.15, 0.2) is 0 Å². The van der Waals surface area contributed by atoms with Gasteiger partial charge in [0.05, 0.1) is 18.5 Å². The van der Waals surface area contributed by atoms with E-state index in [9.17, 15) is 0 Å². The molecule has 0 fully saturated rings. The molecule has 96 valence electrons. The van der Waals surface area contributed by atoms with Gasteiger partial charge in [0.2, 0.25) is 0 Å². The lowest BCUT2D eigenvalue weighted by atomic mass is 10.3. The zero-order valence-corrected chi connectivity index (χ0v) is 10.9. The van der Waals surface area contributed by atoms with Crippen LogP contribution in [0.1, 0.15) is 26.5 Å². The van der Waals surface area contributed by atoms with E-state index in [1.165, 1.54) is 0 Å². The molecule has 0 atom stereocenters. The first-order chi connectivity index (χ1) is 8.22. The number of nitrogens with zero attached hydrogens (tertiary/aromatic N) is 1. The highest BCUT2D eigenvalue weighted by molar-refractivity contribution is 5.19. The average molecular weight is 238 g/mol. The molecule has 0 saturated heterocycles. The zero-order valence-electron chi connectivity index (χ0n) is 10.9. The third-order valence-corrected chi connectivity index (χ3v) is 2.19. The third kappa shape index (κ3) is 6.24. The molecule has 1 aromatic rings. The summed E-state index contributed by atoms with van der Waals surface area (Å²) in [5.41, 5.74) is 1.02. The van der Waals surface area contributed by atoms with Crippen LogP contribution in [0.15, 0.2) is 18.3 Å². The normalized spacial score (nSPS) is 10.8.